The Hall–Kier alpha value is -0.563. The van der Waals surface area contributed by atoms with Crippen molar-refractivity contribution in [1.82, 2.24) is 0 Å². The van der Waals surface area contributed by atoms with Crippen LogP contribution in [-0.4, -0.2) is 8.07 Å². The monoisotopic (exact) mass is 234 g/mol. The lowest BCUT2D eigenvalue weighted by Gasteiger charge is -2.32. The van der Waals surface area contributed by atoms with Gasteiger partial charge in [-0.1, -0.05) is 72.9 Å². The standard InChI is InChI=1S/C15H26Si/c1-7-16(8-2,9-3)15-13(5)10-12(4)11-14(15)6/h10-11H,7-9H2,1-6H3. The third-order valence-electron chi connectivity index (χ3n) is 4.24. The van der Waals surface area contributed by atoms with E-state index in [2.05, 4.69) is 53.7 Å². The minimum absolute atomic E-state index is 1.21. The lowest BCUT2D eigenvalue weighted by molar-refractivity contribution is 1.18. The van der Waals surface area contributed by atoms with Crippen LogP contribution in [0.2, 0.25) is 18.1 Å². The molecule has 1 aromatic rings. The summed E-state index contributed by atoms with van der Waals surface area (Å²) in [6.07, 6.45) is 0. The topological polar surface area (TPSA) is 0 Å². The van der Waals surface area contributed by atoms with Gasteiger partial charge in [0, 0.05) is 0 Å². The van der Waals surface area contributed by atoms with Crippen molar-refractivity contribution in [2.24, 2.45) is 0 Å². The Labute approximate surface area is 102 Å². The predicted molar refractivity (Wildman–Crippen MR) is 77.5 cm³/mol. The molecular formula is C15H26Si. The van der Waals surface area contributed by atoms with E-state index in [-0.39, 0.29) is 0 Å². The van der Waals surface area contributed by atoms with Crippen LogP contribution in [0.5, 0.6) is 0 Å². The maximum absolute atomic E-state index is 2.39. The largest absolute Gasteiger partial charge is 0.0866 e. The minimum Gasteiger partial charge on any atom is -0.0675 e. The second-order valence-electron chi connectivity index (χ2n) is 5.11. The zero-order valence-corrected chi connectivity index (χ0v) is 12.8. The lowest BCUT2D eigenvalue weighted by atomic mass is 10.1. The molecule has 90 valence electrons. The Bertz CT molecular complexity index is 330. The van der Waals surface area contributed by atoms with E-state index in [1.807, 2.05) is 0 Å². The molecule has 0 aliphatic rings. The van der Waals surface area contributed by atoms with Crippen molar-refractivity contribution in [2.45, 2.75) is 59.7 Å². The molecule has 0 amide bonds. The van der Waals surface area contributed by atoms with Crippen LogP contribution in [0, 0.1) is 20.8 Å². The summed E-state index contributed by atoms with van der Waals surface area (Å²) in [6, 6.07) is 8.87. The summed E-state index contributed by atoms with van der Waals surface area (Å²) in [5.41, 5.74) is 4.48. The van der Waals surface area contributed by atoms with Crippen LogP contribution >= 0.6 is 0 Å². The van der Waals surface area contributed by atoms with Gasteiger partial charge in [0.25, 0.3) is 0 Å². The molecule has 0 spiro atoms. The molecule has 0 fully saturated rings. The predicted octanol–water partition coefficient (Wildman–Crippen LogP) is 4.33. The Balaban J connectivity index is 3.40. The molecular weight excluding hydrogens is 208 g/mol. The molecule has 0 saturated heterocycles. The summed E-state index contributed by atoms with van der Waals surface area (Å²) in [6.45, 7) is 14.0. The highest BCUT2D eigenvalue weighted by molar-refractivity contribution is 6.92. The number of hydrogen-bond acceptors (Lipinski definition) is 0. The first-order valence-corrected chi connectivity index (χ1v) is 9.21. The van der Waals surface area contributed by atoms with Gasteiger partial charge in [-0.2, -0.15) is 0 Å². The van der Waals surface area contributed by atoms with E-state index < -0.39 is 8.07 Å². The second kappa shape index (κ2) is 5.18. The van der Waals surface area contributed by atoms with Crippen molar-refractivity contribution in [3.05, 3.63) is 28.8 Å². The number of rotatable bonds is 4. The first-order chi connectivity index (χ1) is 7.50. The summed E-state index contributed by atoms with van der Waals surface area (Å²) in [5, 5.41) is 1.74. The third kappa shape index (κ3) is 2.24. The second-order valence-corrected chi connectivity index (χ2v) is 10.3. The van der Waals surface area contributed by atoms with Crippen LogP contribution in [0.3, 0.4) is 0 Å². The van der Waals surface area contributed by atoms with Gasteiger partial charge < -0.3 is 0 Å². The van der Waals surface area contributed by atoms with Crippen LogP contribution in [0.15, 0.2) is 12.1 Å². The van der Waals surface area contributed by atoms with E-state index in [0.717, 1.165) is 0 Å². The molecule has 0 saturated carbocycles. The van der Waals surface area contributed by atoms with E-state index in [4.69, 9.17) is 0 Å². The Morgan fingerprint density at radius 2 is 1.19 bits per heavy atom. The summed E-state index contributed by atoms with van der Waals surface area (Å²) in [5.74, 6) is 0. The molecule has 0 bridgehead atoms. The average Bonchev–Trinajstić information content (AvgIpc) is 2.23. The van der Waals surface area contributed by atoms with Gasteiger partial charge >= 0.3 is 0 Å². The first kappa shape index (κ1) is 13.5. The molecule has 1 heteroatoms. The van der Waals surface area contributed by atoms with Gasteiger partial charge in [-0.3, -0.25) is 0 Å². The molecule has 0 aliphatic carbocycles. The highest BCUT2D eigenvalue weighted by atomic mass is 28.3. The smallest absolute Gasteiger partial charge is 0.0675 e. The normalized spacial score (nSPS) is 11.9. The fourth-order valence-electron chi connectivity index (χ4n) is 3.30. The average molecular weight is 234 g/mol. The summed E-state index contributed by atoms with van der Waals surface area (Å²) in [4.78, 5) is 0. The molecule has 0 heterocycles. The van der Waals surface area contributed by atoms with Gasteiger partial charge in [0.15, 0.2) is 0 Å². The Morgan fingerprint density at radius 3 is 1.50 bits per heavy atom. The molecule has 0 aromatic heterocycles. The maximum Gasteiger partial charge on any atom is 0.0866 e. The van der Waals surface area contributed by atoms with Gasteiger partial charge in [0.1, 0.15) is 0 Å². The number of benzene rings is 1. The molecule has 0 aliphatic heterocycles. The first-order valence-electron chi connectivity index (χ1n) is 6.59. The van der Waals surface area contributed by atoms with Crippen LogP contribution in [-0.2, 0) is 0 Å². The van der Waals surface area contributed by atoms with Crippen LogP contribution in [0.4, 0.5) is 0 Å². The molecule has 16 heavy (non-hydrogen) atoms. The fourth-order valence-corrected chi connectivity index (χ4v) is 7.67. The van der Waals surface area contributed by atoms with E-state index >= 15 is 0 Å². The summed E-state index contributed by atoms with van der Waals surface area (Å²) < 4.78 is 0. The van der Waals surface area contributed by atoms with Crippen molar-refractivity contribution in [3.8, 4) is 0 Å². The minimum atomic E-state index is -1.21. The van der Waals surface area contributed by atoms with Gasteiger partial charge in [-0.05, 0) is 20.8 Å². The van der Waals surface area contributed by atoms with Crippen molar-refractivity contribution in [3.63, 3.8) is 0 Å². The zero-order chi connectivity index (χ0) is 12.3. The highest BCUT2D eigenvalue weighted by Gasteiger charge is 2.31. The van der Waals surface area contributed by atoms with Crippen molar-refractivity contribution in [1.29, 1.82) is 0 Å². The fraction of sp³-hybridized carbons (Fsp3) is 0.600. The summed E-state index contributed by atoms with van der Waals surface area (Å²) in [7, 11) is -1.21. The Morgan fingerprint density at radius 1 is 0.812 bits per heavy atom. The Kier molecular flexibility index (Phi) is 4.37. The third-order valence-corrected chi connectivity index (χ3v) is 10.1. The van der Waals surface area contributed by atoms with E-state index in [1.54, 1.807) is 5.19 Å². The molecule has 1 rings (SSSR count). The van der Waals surface area contributed by atoms with Crippen LogP contribution in [0.1, 0.15) is 37.5 Å². The lowest BCUT2D eigenvalue weighted by Crippen LogP contribution is -2.48. The van der Waals surface area contributed by atoms with Gasteiger partial charge in [-0.15, -0.1) is 0 Å². The van der Waals surface area contributed by atoms with E-state index in [0.29, 0.717) is 0 Å². The molecule has 0 atom stereocenters. The SMILES string of the molecule is CC[Si](CC)(CC)c1c(C)cc(C)cc1C. The van der Waals surface area contributed by atoms with E-state index in [1.165, 1.54) is 34.8 Å². The van der Waals surface area contributed by atoms with Crippen molar-refractivity contribution < 1.29 is 0 Å². The van der Waals surface area contributed by atoms with Gasteiger partial charge in [0.05, 0.1) is 8.07 Å². The van der Waals surface area contributed by atoms with Crippen molar-refractivity contribution in [2.75, 3.05) is 0 Å². The molecule has 1 aromatic carbocycles. The molecule has 0 unspecified atom stereocenters. The zero-order valence-electron chi connectivity index (χ0n) is 11.8. The molecule has 0 radical (unpaired) electrons. The summed E-state index contributed by atoms with van der Waals surface area (Å²) >= 11 is 0. The number of hydrogen-bond donors (Lipinski definition) is 0. The van der Waals surface area contributed by atoms with Crippen molar-refractivity contribution >= 4 is 13.3 Å². The van der Waals surface area contributed by atoms with Crippen LogP contribution in [0.25, 0.3) is 0 Å². The maximum atomic E-state index is 2.39. The van der Waals surface area contributed by atoms with Gasteiger partial charge in [0.2, 0.25) is 0 Å². The number of aryl methyl sites for hydroxylation is 3. The molecule has 0 N–H and O–H groups in total. The quantitative estimate of drug-likeness (QED) is 0.680. The highest BCUT2D eigenvalue weighted by Crippen LogP contribution is 2.24. The van der Waals surface area contributed by atoms with Crippen LogP contribution < -0.4 is 5.19 Å². The van der Waals surface area contributed by atoms with E-state index in [9.17, 15) is 0 Å². The van der Waals surface area contributed by atoms with Gasteiger partial charge in [-0.25, -0.2) is 0 Å². The molecule has 0 nitrogen and oxygen atoms in total.